The van der Waals surface area contributed by atoms with Gasteiger partial charge in [-0.1, -0.05) is 12.1 Å². The molecule has 0 unspecified atom stereocenters. The minimum absolute atomic E-state index is 0.137. The van der Waals surface area contributed by atoms with E-state index in [0.717, 1.165) is 5.56 Å². The molecular weight excluding hydrogens is 458 g/mol. The average Bonchev–Trinajstić information content (AvgIpc) is 3.29. The Kier molecular flexibility index (Phi) is 9.41. The molecule has 3 rings (SSSR count). The summed E-state index contributed by atoms with van der Waals surface area (Å²) < 4.78 is 21.0. The van der Waals surface area contributed by atoms with E-state index in [1.165, 1.54) is 18.4 Å². The molecule has 0 saturated carbocycles. The average molecular weight is 484 g/mol. The molecule has 3 aromatic rings. The van der Waals surface area contributed by atoms with E-state index in [2.05, 4.69) is 20.2 Å². The third-order valence-corrected chi connectivity index (χ3v) is 5.11. The lowest BCUT2D eigenvalue weighted by Crippen LogP contribution is -2.09. The number of thiazole rings is 1. The molecule has 1 heterocycles. The summed E-state index contributed by atoms with van der Waals surface area (Å²) in [6.45, 7) is 2.80. The van der Waals surface area contributed by atoms with Crippen LogP contribution < -0.4 is 14.9 Å². The van der Waals surface area contributed by atoms with Gasteiger partial charge in [0.25, 0.3) is 0 Å². The van der Waals surface area contributed by atoms with Crippen LogP contribution >= 0.6 is 11.3 Å². The Hall–Kier alpha value is -3.92. The van der Waals surface area contributed by atoms with Gasteiger partial charge in [0.15, 0.2) is 0 Å². The van der Waals surface area contributed by atoms with E-state index in [-0.39, 0.29) is 18.4 Å². The Morgan fingerprint density at radius 2 is 1.85 bits per heavy atom. The third kappa shape index (κ3) is 7.89. The number of anilines is 1. The molecule has 0 fully saturated rings. The first-order chi connectivity index (χ1) is 16.6. The van der Waals surface area contributed by atoms with Gasteiger partial charge < -0.3 is 18.9 Å². The van der Waals surface area contributed by atoms with Gasteiger partial charge in [-0.2, -0.15) is 5.10 Å². The lowest BCUT2D eigenvalue weighted by Gasteiger charge is -2.09. The molecule has 0 saturated heterocycles. The van der Waals surface area contributed by atoms with Gasteiger partial charge in [-0.3, -0.25) is 10.2 Å². The number of hydrogen-bond acceptors (Lipinski definition) is 10. The molecule has 0 spiro atoms. The molecule has 0 aliphatic carbocycles. The predicted molar refractivity (Wildman–Crippen MR) is 129 cm³/mol. The molecular formula is C24H25N3O6S. The molecule has 0 amide bonds. The number of esters is 2. The molecule has 0 aliphatic rings. The van der Waals surface area contributed by atoms with Crippen molar-refractivity contribution in [3.8, 4) is 11.5 Å². The number of nitrogens with one attached hydrogen (secondary N) is 1. The lowest BCUT2D eigenvalue weighted by molar-refractivity contribution is -0.142. The van der Waals surface area contributed by atoms with E-state index in [9.17, 15) is 9.59 Å². The molecule has 0 atom stereocenters. The molecule has 9 nitrogen and oxygen atoms in total. The zero-order valence-electron chi connectivity index (χ0n) is 18.9. The monoisotopic (exact) mass is 483 g/mol. The standard InChI is InChI=1S/C24H25N3O6S/c1-3-31-22(28)14-19-16-34-24(26-19)27-25-15-17-5-4-6-21(13-17)33-12-11-32-20-9-7-18(8-10-20)23(29)30-2/h4-10,13,15-16H,3,11-12,14H2,1-2H3,(H,26,27). The van der Waals surface area contributed by atoms with Crippen molar-refractivity contribution in [3.05, 3.63) is 70.7 Å². The zero-order valence-corrected chi connectivity index (χ0v) is 19.7. The summed E-state index contributed by atoms with van der Waals surface area (Å²) in [5.41, 5.74) is 4.80. The molecule has 178 valence electrons. The summed E-state index contributed by atoms with van der Waals surface area (Å²) >= 11 is 1.36. The molecule has 0 aliphatic heterocycles. The van der Waals surface area contributed by atoms with Gasteiger partial charge in [-0.05, 0) is 48.9 Å². The van der Waals surface area contributed by atoms with E-state index in [1.54, 1.807) is 42.8 Å². The maximum absolute atomic E-state index is 11.5. The fraction of sp³-hybridized carbons (Fsp3) is 0.250. The summed E-state index contributed by atoms with van der Waals surface area (Å²) in [7, 11) is 1.34. The van der Waals surface area contributed by atoms with Crippen LogP contribution in [0.5, 0.6) is 11.5 Å². The van der Waals surface area contributed by atoms with Crippen LogP contribution in [0.3, 0.4) is 0 Å². The summed E-state index contributed by atoms with van der Waals surface area (Å²) in [4.78, 5) is 27.3. The van der Waals surface area contributed by atoms with Gasteiger partial charge in [-0.15, -0.1) is 11.3 Å². The number of hydrazone groups is 1. The minimum atomic E-state index is -0.390. The maximum Gasteiger partial charge on any atom is 0.337 e. The highest BCUT2D eigenvalue weighted by atomic mass is 32.1. The predicted octanol–water partition coefficient (Wildman–Crippen LogP) is 3.94. The fourth-order valence-corrected chi connectivity index (χ4v) is 3.43. The van der Waals surface area contributed by atoms with Crippen molar-refractivity contribution >= 4 is 34.6 Å². The van der Waals surface area contributed by atoms with Gasteiger partial charge in [0.2, 0.25) is 5.13 Å². The minimum Gasteiger partial charge on any atom is -0.490 e. The number of hydrogen-bond donors (Lipinski definition) is 1. The van der Waals surface area contributed by atoms with Crippen molar-refractivity contribution in [3.63, 3.8) is 0 Å². The lowest BCUT2D eigenvalue weighted by atomic mass is 10.2. The van der Waals surface area contributed by atoms with Crippen LogP contribution in [0, 0.1) is 0 Å². The molecule has 1 N–H and O–H groups in total. The first kappa shape index (κ1) is 24.7. The highest BCUT2D eigenvalue weighted by molar-refractivity contribution is 7.13. The first-order valence-electron chi connectivity index (χ1n) is 10.5. The normalized spacial score (nSPS) is 10.6. The summed E-state index contributed by atoms with van der Waals surface area (Å²) in [5.74, 6) is 0.621. The van der Waals surface area contributed by atoms with E-state index >= 15 is 0 Å². The fourth-order valence-electron chi connectivity index (χ4n) is 2.77. The second kappa shape index (κ2) is 12.9. The molecule has 0 bridgehead atoms. The Balaban J connectivity index is 1.42. The van der Waals surface area contributed by atoms with Gasteiger partial charge in [-0.25, -0.2) is 9.78 Å². The maximum atomic E-state index is 11.5. The van der Waals surface area contributed by atoms with Crippen molar-refractivity contribution in [2.75, 3.05) is 32.4 Å². The Labute approximate surface area is 201 Å². The first-order valence-corrected chi connectivity index (χ1v) is 11.4. The van der Waals surface area contributed by atoms with Gasteiger partial charge in [0.05, 0.1) is 37.6 Å². The number of rotatable bonds is 12. The molecule has 1 aromatic heterocycles. The van der Waals surface area contributed by atoms with Crippen molar-refractivity contribution in [2.24, 2.45) is 5.10 Å². The number of benzene rings is 2. The van der Waals surface area contributed by atoms with Crippen LogP contribution in [0.1, 0.15) is 28.5 Å². The molecule has 34 heavy (non-hydrogen) atoms. The summed E-state index contributed by atoms with van der Waals surface area (Å²) in [5, 5.41) is 6.56. The SMILES string of the molecule is CCOC(=O)Cc1csc(NN=Cc2cccc(OCCOc3ccc(C(=O)OC)cc3)c2)n1. The van der Waals surface area contributed by atoms with Gasteiger partial charge in [0, 0.05) is 5.38 Å². The Bertz CT molecular complexity index is 1110. The third-order valence-electron chi connectivity index (χ3n) is 4.31. The van der Waals surface area contributed by atoms with Crippen LogP contribution in [0.15, 0.2) is 59.0 Å². The van der Waals surface area contributed by atoms with Crippen molar-refractivity contribution in [1.82, 2.24) is 4.98 Å². The number of nitrogens with zero attached hydrogens (tertiary/aromatic N) is 2. The molecule has 2 aromatic carbocycles. The number of methoxy groups -OCH3 is 1. The van der Waals surface area contributed by atoms with Crippen LogP contribution in [-0.4, -0.2) is 50.1 Å². The Morgan fingerprint density at radius 3 is 2.59 bits per heavy atom. The largest absolute Gasteiger partial charge is 0.490 e. The second-order valence-corrected chi connectivity index (χ2v) is 7.64. The number of carbonyl (C=O) groups is 2. The second-order valence-electron chi connectivity index (χ2n) is 6.78. The van der Waals surface area contributed by atoms with Crippen molar-refractivity contribution in [1.29, 1.82) is 0 Å². The number of ether oxygens (including phenoxy) is 4. The van der Waals surface area contributed by atoms with E-state index < -0.39 is 0 Å². The van der Waals surface area contributed by atoms with E-state index in [1.807, 2.05) is 24.3 Å². The summed E-state index contributed by atoms with van der Waals surface area (Å²) in [6, 6.07) is 14.2. The number of carbonyl (C=O) groups excluding carboxylic acids is 2. The smallest absolute Gasteiger partial charge is 0.337 e. The number of aromatic nitrogens is 1. The van der Waals surface area contributed by atoms with Crippen molar-refractivity contribution in [2.45, 2.75) is 13.3 Å². The van der Waals surface area contributed by atoms with Gasteiger partial charge in [0.1, 0.15) is 24.7 Å². The van der Waals surface area contributed by atoms with Crippen molar-refractivity contribution < 1.29 is 28.5 Å². The molecule has 10 heteroatoms. The van der Waals surface area contributed by atoms with Crippen LogP contribution in [0.4, 0.5) is 5.13 Å². The van der Waals surface area contributed by atoms with Gasteiger partial charge >= 0.3 is 11.9 Å². The van der Waals surface area contributed by atoms with Crippen LogP contribution in [0.2, 0.25) is 0 Å². The summed E-state index contributed by atoms with van der Waals surface area (Å²) in [6.07, 6.45) is 1.79. The highest BCUT2D eigenvalue weighted by Crippen LogP contribution is 2.17. The molecule has 0 radical (unpaired) electrons. The van der Waals surface area contributed by atoms with Crippen LogP contribution in [0.25, 0.3) is 0 Å². The Morgan fingerprint density at radius 1 is 1.09 bits per heavy atom. The zero-order chi connectivity index (χ0) is 24.2. The van der Waals surface area contributed by atoms with E-state index in [4.69, 9.17) is 14.2 Å². The van der Waals surface area contributed by atoms with E-state index in [0.29, 0.717) is 47.7 Å². The highest BCUT2D eigenvalue weighted by Gasteiger charge is 2.08. The quantitative estimate of drug-likeness (QED) is 0.179. The van der Waals surface area contributed by atoms with Crippen LogP contribution in [-0.2, 0) is 20.7 Å². The topological polar surface area (TPSA) is 108 Å².